The molecule has 0 aromatic carbocycles. The zero-order chi connectivity index (χ0) is 16.0. The van der Waals surface area contributed by atoms with Crippen molar-refractivity contribution in [2.24, 2.45) is 0 Å². The molecule has 2 atom stereocenters. The second-order valence-corrected chi connectivity index (χ2v) is 5.87. The molecule has 4 heteroatoms. The predicted octanol–water partition coefficient (Wildman–Crippen LogP) is 3.44. The average Bonchev–Trinajstić information content (AvgIpc) is 2.35. The van der Waals surface area contributed by atoms with Crippen LogP contribution in [-0.2, 0) is 19.1 Å². The highest BCUT2D eigenvalue weighted by molar-refractivity contribution is 5.96. The number of carbonyl (C=O) groups is 2. The first-order valence-corrected chi connectivity index (χ1v) is 7.16. The zero-order valence-corrected chi connectivity index (χ0v) is 13.6. The number of rotatable bonds is 9. The summed E-state index contributed by atoms with van der Waals surface area (Å²) in [5.41, 5.74) is -1.48. The van der Waals surface area contributed by atoms with Gasteiger partial charge in [0, 0.05) is 12.8 Å². The van der Waals surface area contributed by atoms with Crippen molar-refractivity contribution < 1.29 is 19.1 Å². The summed E-state index contributed by atoms with van der Waals surface area (Å²) in [6.07, 6.45) is 2.53. The van der Waals surface area contributed by atoms with E-state index >= 15 is 0 Å². The zero-order valence-electron chi connectivity index (χ0n) is 13.6. The van der Waals surface area contributed by atoms with Crippen molar-refractivity contribution in [1.82, 2.24) is 0 Å². The first-order valence-electron chi connectivity index (χ1n) is 7.16. The van der Waals surface area contributed by atoms with Crippen molar-refractivity contribution in [3.8, 4) is 0 Å². The van der Waals surface area contributed by atoms with Crippen LogP contribution in [-0.4, -0.2) is 29.1 Å². The van der Waals surface area contributed by atoms with E-state index in [0.29, 0.717) is 19.3 Å². The van der Waals surface area contributed by atoms with Crippen LogP contribution in [0.25, 0.3) is 0 Å². The van der Waals surface area contributed by atoms with Crippen molar-refractivity contribution in [3.05, 3.63) is 12.7 Å². The van der Waals surface area contributed by atoms with Gasteiger partial charge in [0.05, 0.1) is 6.10 Å². The predicted molar refractivity (Wildman–Crippen MR) is 79.5 cm³/mol. The molecule has 0 rings (SSSR count). The van der Waals surface area contributed by atoms with E-state index in [9.17, 15) is 9.59 Å². The summed E-state index contributed by atoms with van der Waals surface area (Å²) < 4.78 is 11.2. The van der Waals surface area contributed by atoms with Crippen molar-refractivity contribution >= 4 is 11.8 Å². The molecule has 0 amide bonds. The number of ketones is 1. The van der Waals surface area contributed by atoms with Gasteiger partial charge in [0.1, 0.15) is 11.2 Å². The van der Waals surface area contributed by atoms with Crippen molar-refractivity contribution in [2.75, 3.05) is 0 Å². The topological polar surface area (TPSA) is 52.6 Å². The molecule has 0 N–H and O–H groups in total. The Balaban J connectivity index is 4.68. The molecule has 0 heterocycles. The van der Waals surface area contributed by atoms with Crippen molar-refractivity contribution in [1.29, 1.82) is 0 Å². The van der Waals surface area contributed by atoms with Gasteiger partial charge in [0.2, 0.25) is 0 Å². The normalized spacial score (nSPS) is 16.1. The molecule has 0 aromatic rings. The van der Waals surface area contributed by atoms with Crippen LogP contribution in [0.3, 0.4) is 0 Å². The Kier molecular flexibility index (Phi) is 7.14. The molecule has 0 radical (unpaired) electrons. The van der Waals surface area contributed by atoms with Crippen LogP contribution < -0.4 is 0 Å². The van der Waals surface area contributed by atoms with E-state index < -0.39 is 11.2 Å². The van der Waals surface area contributed by atoms with E-state index in [1.807, 2.05) is 27.7 Å². The molecular formula is C16H28O4. The van der Waals surface area contributed by atoms with E-state index in [2.05, 4.69) is 6.58 Å². The third-order valence-electron chi connectivity index (χ3n) is 3.30. The molecule has 0 saturated heterocycles. The van der Waals surface area contributed by atoms with Gasteiger partial charge in [-0.25, -0.2) is 0 Å². The van der Waals surface area contributed by atoms with E-state index in [4.69, 9.17) is 9.47 Å². The lowest BCUT2D eigenvalue weighted by Gasteiger charge is -2.33. The minimum Gasteiger partial charge on any atom is -0.460 e. The lowest BCUT2D eigenvalue weighted by Crippen LogP contribution is -2.42. The SMILES string of the molecule is C=CC(=O)C(C)(CC)OC(C)CC(C)(C)OC(=O)CC. The fourth-order valence-electron chi connectivity index (χ4n) is 2.13. The maximum absolute atomic E-state index is 11.9. The second-order valence-electron chi connectivity index (χ2n) is 5.87. The molecule has 0 aliphatic rings. The van der Waals surface area contributed by atoms with Gasteiger partial charge in [-0.15, -0.1) is 0 Å². The van der Waals surface area contributed by atoms with E-state index in [1.54, 1.807) is 13.8 Å². The third-order valence-corrected chi connectivity index (χ3v) is 3.30. The smallest absolute Gasteiger partial charge is 0.306 e. The molecule has 20 heavy (non-hydrogen) atoms. The number of esters is 1. The lowest BCUT2D eigenvalue weighted by atomic mass is 9.95. The highest BCUT2D eigenvalue weighted by Gasteiger charge is 2.34. The largest absolute Gasteiger partial charge is 0.460 e. The lowest BCUT2D eigenvalue weighted by molar-refractivity contribution is -0.165. The van der Waals surface area contributed by atoms with Gasteiger partial charge in [-0.1, -0.05) is 20.4 Å². The van der Waals surface area contributed by atoms with Crippen LogP contribution in [0.5, 0.6) is 0 Å². The summed E-state index contributed by atoms with van der Waals surface area (Å²) in [4.78, 5) is 23.2. The molecule has 0 bridgehead atoms. The Bertz CT molecular complexity index is 359. The van der Waals surface area contributed by atoms with E-state index in [0.717, 1.165) is 0 Å². The monoisotopic (exact) mass is 284 g/mol. The van der Waals surface area contributed by atoms with Gasteiger partial charge in [-0.3, -0.25) is 9.59 Å². The minimum absolute atomic E-state index is 0.129. The van der Waals surface area contributed by atoms with E-state index in [-0.39, 0.29) is 17.9 Å². The van der Waals surface area contributed by atoms with Crippen molar-refractivity contribution in [3.63, 3.8) is 0 Å². The summed E-state index contributed by atoms with van der Waals surface area (Å²) in [5.74, 6) is -0.363. The summed E-state index contributed by atoms with van der Waals surface area (Å²) in [7, 11) is 0. The summed E-state index contributed by atoms with van der Waals surface area (Å²) in [6, 6.07) is 0. The first kappa shape index (κ1) is 18.8. The third kappa shape index (κ3) is 5.87. The van der Waals surface area contributed by atoms with E-state index in [1.165, 1.54) is 6.08 Å². The average molecular weight is 284 g/mol. The molecule has 0 aromatic heterocycles. The molecule has 0 aliphatic carbocycles. The molecule has 0 spiro atoms. The second kappa shape index (κ2) is 7.58. The summed E-state index contributed by atoms with van der Waals surface area (Å²) in [5, 5.41) is 0. The van der Waals surface area contributed by atoms with Crippen LogP contribution >= 0.6 is 0 Å². The quantitative estimate of drug-likeness (QED) is 0.481. The van der Waals surface area contributed by atoms with Gasteiger partial charge in [-0.2, -0.15) is 0 Å². The Morgan fingerprint density at radius 1 is 1.25 bits per heavy atom. The molecule has 0 fully saturated rings. The number of hydrogen-bond donors (Lipinski definition) is 0. The van der Waals surface area contributed by atoms with Crippen LogP contribution in [0, 0.1) is 0 Å². The standard InChI is InChI=1S/C16H28O4/c1-8-13(17)16(7,10-3)19-12(4)11-15(5,6)20-14(18)9-2/h8,12H,1,9-11H2,2-7H3. The van der Waals surface area contributed by atoms with Gasteiger partial charge in [0.25, 0.3) is 0 Å². The van der Waals surface area contributed by atoms with Crippen molar-refractivity contribution in [2.45, 2.75) is 78.1 Å². The van der Waals surface area contributed by atoms with Gasteiger partial charge < -0.3 is 9.47 Å². The fourth-order valence-corrected chi connectivity index (χ4v) is 2.13. The fraction of sp³-hybridized carbons (Fsp3) is 0.750. The number of carbonyl (C=O) groups excluding carboxylic acids is 2. The molecule has 2 unspecified atom stereocenters. The van der Waals surface area contributed by atoms with Gasteiger partial charge in [-0.05, 0) is 40.2 Å². The Hall–Kier alpha value is -1.16. The molecule has 116 valence electrons. The molecule has 4 nitrogen and oxygen atoms in total. The van der Waals surface area contributed by atoms with Gasteiger partial charge >= 0.3 is 5.97 Å². The summed E-state index contributed by atoms with van der Waals surface area (Å²) >= 11 is 0. The Morgan fingerprint density at radius 3 is 2.20 bits per heavy atom. The summed E-state index contributed by atoms with van der Waals surface area (Å²) in [6.45, 7) is 14.5. The molecule has 0 saturated carbocycles. The van der Waals surface area contributed by atoms with Gasteiger partial charge in [0.15, 0.2) is 5.78 Å². The van der Waals surface area contributed by atoms with Crippen LogP contribution in [0.1, 0.15) is 60.8 Å². The van der Waals surface area contributed by atoms with Crippen LogP contribution in [0.2, 0.25) is 0 Å². The minimum atomic E-state index is -0.869. The number of hydrogen-bond acceptors (Lipinski definition) is 4. The highest BCUT2D eigenvalue weighted by atomic mass is 16.6. The van der Waals surface area contributed by atoms with Crippen LogP contribution in [0.4, 0.5) is 0 Å². The maximum atomic E-state index is 11.9. The van der Waals surface area contributed by atoms with Crippen LogP contribution in [0.15, 0.2) is 12.7 Å². The highest BCUT2D eigenvalue weighted by Crippen LogP contribution is 2.25. The number of ether oxygens (including phenoxy) is 2. The first-order chi connectivity index (χ1) is 9.10. The molecule has 0 aliphatic heterocycles. The maximum Gasteiger partial charge on any atom is 0.306 e. The molecular weight excluding hydrogens is 256 g/mol. The Labute approximate surface area is 122 Å². The Morgan fingerprint density at radius 2 is 1.80 bits per heavy atom.